The van der Waals surface area contributed by atoms with E-state index in [1.807, 2.05) is 0 Å². The molecule has 1 unspecified atom stereocenters. The Morgan fingerprint density at radius 1 is 1.45 bits per heavy atom. The van der Waals surface area contributed by atoms with Crippen LogP contribution in [0.1, 0.15) is 36.5 Å². The number of nitrogens with one attached hydrogen (secondary N) is 1. The van der Waals surface area contributed by atoms with E-state index < -0.39 is 5.54 Å². The molecule has 2 rings (SSSR count). The maximum atomic E-state index is 12.9. The Morgan fingerprint density at radius 3 is 2.75 bits per heavy atom. The summed E-state index contributed by atoms with van der Waals surface area (Å²) in [5, 5.41) is 4.22. The molecule has 1 aromatic rings. The zero-order chi connectivity index (χ0) is 14.8. The molecule has 3 nitrogen and oxygen atoms in total. The van der Waals surface area contributed by atoms with Gasteiger partial charge in [-0.1, -0.05) is 36.5 Å². The summed E-state index contributed by atoms with van der Waals surface area (Å²) in [5.74, 6) is 0.0671. The summed E-state index contributed by atoms with van der Waals surface area (Å²) >= 11 is 11.9. The van der Waals surface area contributed by atoms with E-state index in [2.05, 4.69) is 12.2 Å². The highest BCUT2D eigenvalue weighted by Gasteiger charge is 2.44. The Kier molecular flexibility index (Phi) is 5.08. The van der Waals surface area contributed by atoms with Gasteiger partial charge in [0.1, 0.15) is 0 Å². The Morgan fingerprint density at radius 2 is 2.20 bits per heavy atom. The standard InChI is InChI=1S/C15H19Cl2NO2/c1-3-6-15(8-11(20-2)9-18-15)14(19)10-4-5-12(16)13(17)7-10/h4-5,7,11,18H,3,6,8-9H2,1-2H3/t11-,15?/m1/s1. The van der Waals surface area contributed by atoms with Crippen LogP contribution in [-0.4, -0.2) is 31.1 Å². The van der Waals surface area contributed by atoms with E-state index in [-0.39, 0.29) is 11.9 Å². The lowest BCUT2D eigenvalue weighted by Gasteiger charge is -2.28. The molecule has 0 saturated carbocycles. The van der Waals surface area contributed by atoms with Gasteiger partial charge in [-0.15, -0.1) is 0 Å². The van der Waals surface area contributed by atoms with Crippen LogP contribution < -0.4 is 5.32 Å². The number of ether oxygens (including phenoxy) is 1. The van der Waals surface area contributed by atoms with Crippen molar-refractivity contribution >= 4 is 29.0 Å². The van der Waals surface area contributed by atoms with Gasteiger partial charge < -0.3 is 10.1 Å². The van der Waals surface area contributed by atoms with Crippen molar-refractivity contribution in [3.05, 3.63) is 33.8 Å². The molecule has 0 aliphatic carbocycles. The fourth-order valence-corrected chi connectivity index (χ4v) is 3.12. The van der Waals surface area contributed by atoms with Gasteiger partial charge in [-0.3, -0.25) is 4.79 Å². The molecule has 1 aromatic carbocycles. The third-order valence-corrected chi connectivity index (χ3v) is 4.61. The number of hydrogen-bond donors (Lipinski definition) is 1. The normalized spacial score (nSPS) is 25.9. The topological polar surface area (TPSA) is 38.3 Å². The number of hydrogen-bond acceptors (Lipinski definition) is 3. The van der Waals surface area contributed by atoms with Crippen molar-refractivity contribution in [2.24, 2.45) is 0 Å². The molecular weight excluding hydrogens is 297 g/mol. The maximum absolute atomic E-state index is 12.9. The lowest BCUT2D eigenvalue weighted by Crippen LogP contribution is -2.47. The van der Waals surface area contributed by atoms with Crippen LogP contribution in [0.25, 0.3) is 0 Å². The first kappa shape index (κ1) is 15.8. The molecule has 1 aliphatic heterocycles. The smallest absolute Gasteiger partial charge is 0.183 e. The Bertz CT molecular complexity index is 507. The van der Waals surface area contributed by atoms with E-state index in [0.717, 1.165) is 12.8 Å². The van der Waals surface area contributed by atoms with Crippen LogP contribution in [0.3, 0.4) is 0 Å². The van der Waals surface area contributed by atoms with Crippen molar-refractivity contribution in [1.29, 1.82) is 0 Å². The average Bonchev–Trinajstić information content (AvgIpc) is 2.86. The summed E-state index contributed by atoms with van der Waals surface area (Å²) in [6.45, 7) is 2.77. The predicted molar refractivity (Wildman–Crippen MR) is 81.8 cm³/mol. The summed E-state index contributed by atoms with van der Waals surface area (Å²) in [5.41, 5.74) is 0.0455. The van der Waals surface area contributed by atoms with Gasteiger partial charge in [0.2, 0.25) is 0 Å². The number of carbonyl (C=O) groups is 1. The van der Waals surface area contributed by atoms with Crippen LogP contribution in [0.4, 0.5) is 0 Å². The second kappa shape index (κ2) is 6.44. The highest BCUT2D eigenvalue weighted by Crippen LogP contribution is 2.32. The Balaban J connectivity index is 2.29. The van der Waals surface area contributed by atoms with Gasteiger partial charge in [0.05, 0.1) is 21.7 Å². The van der Waals surface area contributed by atoms with Gasteiger partial charge in [-0.2, -0.15) is 0 Å². The number of methoxy groups -OCH3 is 1. The zero-order valence-electron chi connectivity index (χ0n) is 11.7. The summed E-state index contributed by atoms with van der Waals surface area (Å²) in [7, 11) is 1.68. The fourth-order valence-electron chi connectivity index (χ4n) is 2.83. The highest BCUT2D eigenvalue weighted by molar-refractivity contribution is 6.42. The second-order valence-electron chi connectivity index (χ2n) is 5.23. The average molecular weight is 316 g/mol. The van der Waals surface area contributed by atoms with Gasteiger partial charge in [-0.05, 0) is 24.6 Å². The molecule has 1 saturated heterocycles. The molecule has 0 spiro atoms. The molecule has 0 aromatic heterocycles. The third-order valence-electron chi connectivity index (χ3n) is 3.87. The van der Waals surface area contributed by atoms with Crippen LogP contribution in [0.5, 0.6) is 0 Å². The lowest BCUT2D eigenvalue weighted by molar-refractivity contribution is 0.0801. The van der Waals surface area contributed by atoms with Gasteiger partial charge in [-0.25, -0.2) is 0 Å². The van der Waals surface area contributed by atoms with Crippen LogP contribution in [0.2, 0.25) is 10.0 Å². The minimum absolute atomic E-state index is 0.0671. The van der Waals surface area contributed by atoms with E-state index in [9.17, 15) is 4.79 Å². The lowest BCUT2D eigenvalue weighted by atomic mass is 9.83. The molecule has 0 bridgehead atoms. The molecule has 0 amide bonds. The second-order valence-corrected chi connectivity index (χ2v) is 6.05. The maximum Gasteiger partial charge on any atom is 0.183 e. The molecule has 1 heterocycles. The Hall–Kier alpha value is -0.610. The minimum Gasteiger partial charge on any atom is -0.380 e. The molecule has 110 valence electrons. The molecule has 1 N–H and O–H groups in total. The van der Waals surface area contributed by atoms with Crippen molar-refractivity contribution in [3.8, 4) is 0 Å². The van der Waals surface area contributed by atoms with Crippen molar-refractivity contribution in [1.82, 2.24) is 5.32 Å². The van der Waals surface area contributed by atoms with E-state index >= 15 is 0 Å². The van der Waals surface area contributed by atoms with E-state index in [0.29, 0.717) is 28.6 Å². The van der Waals surface area contributed by atoms with Crippen molar-refractivity contribution in [3.63, 3.8) is 0 Å². The van der Waals surface area contributed by atoms with E-state index in [1.54, 1.807) is 25.3 Å². The van der Waals surface area contributed by atoms with Gasteiger partial charge >= 0.3 is 0 Å². The molecule has 1 aliphatic rings. The van der Waals surface area contributed by atoms with Gasteiger partial charge in [0.15, 0.2) is 5.78 Å². The van der Waals surface area contributed by atoms with Crippen LogP contribution in [0.15, 0.2) is 18.2 Å². The molecule has 1 fully saturated rings. The molecular formula is C15H19Cl2NO2. The number of Topliss-reactive ketones (excluding diaryl/α,β-unsaturated/α-hetero) is 1. The van der Waals surface area contributed by atoms with Crippen LogP contribution in [0, 0.1) is 0 Å². The van der Waals surface area contributed by atoms with Crippen molar-refractivity contribution < 1.29 is 9.53 Å². The Labute approximate surface area is 129 Å². The number of benzene rings is 1. The molecule has 2 atom stereocenters. The number of halogens is 2. The van der Waals surface area contributed by atoms with Gasteiger partial charge in [0.25, 0.3) is 0 Å². The zero-order valence-corrected chi connectivity index (χ0v) is 13.2. The summed E-state index contributed by atoms with van der Waals surface area (Å²) < 4.78 is 5.38. The number of rotatable bonds is 5. The molecule has 20 heavy (non-hydrogen) atoms. The van der Waals surface area contributed by atoms with Crippen LogP contribution in [-0.2, 0) is 4.74 Å². The van der Waals surface area contributed by atoms with E-state index in [1.165, 1.54) is 0 Å². The minimum atomic E-state index is -0.549. The van der Waals surface area contributed by atoms with Crippen molar-refractivity contribution in [2.45, 2.75) is 37.8 Å². The fraction of sp³-hybridized carbons (Fsp3) is 0.533. The molecule has 5 heteroatoms. The summed E-state index contributed by atoms with van der Waals surface area (Å²) in [6.07, 6.45) is 2.48. The SMILES string of the molecule is CCCC1(C(=O)c2ccc(Cl)c(Cl)c2)C[C@@H](OC)CN1. The third kappa shape index (κ3) is 3.01. The van der Waals surface area contributed by atoms with Crippen molar-refractivity contribution in [2.75, 3.05) is 13.7 Å². The largest absolute Gasteiger partial charge is 0.380 e. The van der Waals surface area contributed by atoms with Gasteiger partial charge in [0, 0.05) is 25.6 Å². The molecule has 0 radical (unpaired) electrons. The predicted octanol–water partition coefficient (Wildman–Crippen LogP) is 3.72. The van der Waals surface area contributed by atoms with Crippen LogP contribution >= 0.6 is 23.2 Å². The van der Waals surface area contributed by atoms with E-state index in [4.69, 9.17) is 27.9 Å². The highest BCUT2D eigenvalue weighted by atomic mass is 35.5. The summed E-state index contributed by atoms with van der Waals surface area (Å²) in [4.78, 5) is 12.9. The first-order valence-corrected chi connectivity index (χ1v) is 7.55. The monoisotopic (exact) mass is 315 g/mol. The first-order chi connectivity index (χ1) is 9.52. The summed E-state index contributed by atoms with van der Waals surface area (Å²) in [6, 6.07) is 5.04. The first-order valence-electron chi connectivity index (χ1n) is 6.80. The quantitative estimate of drug-likeness (QED) is 0.841. The number of ketones is 1. The number of carbonyl (C=O) groups excluding carboxylic acids is 1.